The number of nitrogens with zero attached hydrogens (tertiary/aromatic N) is 1. The van der Waals surface area contributed by atoms with Crippen molar-refractivity contribution in [3.8, 4) is 0 Å². The van der Waals surface area contributed by atoms with Crippen molar-refractivity contribution in [3.63, 3.8) is 0 Å². The molecule has 1 heterocycles. The summed E-state index contributed by atoms with van der Waals surface area (Å²) >= 11 is 5.19. The SMILES string of the molecule is Cc1csc(CCNc2ccc(N)cc2Br)n1. The van der Waals surface area contributed by atoms with Gasteiger partial charge in [-0.05, 0) is 41.1 Å². The van der Waals surface area contributed by atoms with Gasteiger partial charge in [-0.2, -0.15) is 0 Å². The second-order valence-electron chi connectivity index (χ2n) is 3.80. The van der Waals surface area contributed by atoms with E-state index >= 15 is 0 Å². The maximum absolute atomic E-state index is 5.68. The smallest absolute Gasteiger partial charge is 0.0945 e. The van der Waals surface area contributed by atoms with Gasteiger partial charge in [0, 0.05) is 39.9 Å². The van der Waals surface area contributed by atoms with Crippen LogP contribution in [0.3, 0.4) is 0 Å². The number of anilines is 2. The highest BCUT2D eigenvalue weighted by Gasteiger charge is 2.01. The minimum absolute atomic E-state index is 0.762. The van der Waals surface area contributed by atoms with Crippen molar-refractivity contribution in [2.24, 2.45) is 0 Å². The fraction of sp³-hybridized carbons (Fsp3) is 0.250. The summed E-state index contributed by atoms with van der Waals surface area (Å²) in [5.41, 5.74) is 8.60. The largest absolute Gasteiger partial charge is 0.399 e. The van der Waals surface area contributed by atoms with Crippen LogP contribution in [-0.4, -0.2) is 11.5 Å². The number of hydrogen-bond donors (Lipinski definition) is 2. The average Bonchev–Trinajstić information content (AvgIpc) is 2.68. The molecule has 2 aromatic rings. The second kappa shape index (κ2) is 5.51. The topological polar surface area (TPSA) is 50.9 Å². The highest BCUT2D eigenvalue weighted by molar-refractivity contribution is 9.10. The molecule has 0 aliphatic carbocycles. The Balaban J connectivity index is 1.90. The van der Waals surface area contributed by atoms with Crippen LogP contribution in [-0.2, 0) is 6.42 Å². The first-order chi connectivity index (χ1) is 8.15. The van der Waals surface area contributed by atoms with Gasteiger partial charge in [0.05, 0.1) is 5.01 Å². The van der Waals surface area contributed by atoms with E-state index in [9.17, 15) is 0 Å². The van der Waals surface area contributed by atoms with Crippen molar-refractivity contribution in [2.45, 2.75) is 13.3 Å². The fourth-order valence-corrected chi connectivity index (χ4v) is 2.81. The first-order valence-electron chi connectivity index (χ1n) is 5.35. The van der Waals surface area contributed by atoms with E-state index in [0.29, 0.717) is 0 Å². The van der Waals surface area contributed by atoms with E-state index in [1.165, 1.54) is 5.01 Å². The lowest BCUT2D eigenvalue weighted by Gasteiger charge is -2.08. The molecule has 2 rings (SSSR count). The molecule has 90 valence electrons. The van der Waals surface area contributed by atoms with Crippen LogP contribution in [0.4, 0.5) is 11.4 Å². The highest BCUT2D eigenvalue weighted by Crippen LogP contribution is 2.24. The van der Waals surface area contributed by atoms with E-state index in [0.717, 1.165) is 34.5 Å². The van der Waals surface area contributed by atoms with Crippen LogP contribution in [0.25, 0.3) is 0 Å². The fourth-order valence-electron chi connectivity index (χ4n) is 1.50. The van der Waals surface area contributed by atoms with Gasteiger partial charge in [0.1, 0.15) is 0 Å². The predicted molar refractivity (Wildman–Crippen MR) is 77.6 cm³/mol. The predicted octanol–water partition coefficient (Wildman–Crippen LogP) is 3.45. The zero-order chi connectivity index (χ0) is 12.3. The molecule has 17 heavy (non-hydrogen) atoms. The van der Waals surface area contributed by atoms with Gasteiger partial charge in [0.25, 0.3) is 0 Å². The zero-order valence-corrected chi connectivity index (χ0v) is 11.9. The molecule has 0 bridgehead atoms. The molecule has 0 saturated carbocycles. The first kappa shape index (κ1) is 12.4. The van der Waals surface area contributed by atoms with Crippen molar-refractivity contribution in [1.29, 1.82) is 0 Å². The summed E-state index contributed by atoms with van der Waals surface area (Å²) in [6.07, 6.45) is 0.940. The quantitative estimate of drug-likeness (QED) is 0.850. The van der Waals surface area contributed by atoms with E-state index in [1.807, 2.05) is 25.1 Å². The molecule has 0 aliphatic rings. The van der Waals surface area contributed by atoms with Crippen LogP contribution in [0.2, 0.25) is 0 Å². The van der Waals surface area contributed by atoms with Crippen molar-refractivity contribution in [1.82, 2.24) is 4.98 Å². The molecule has 1 aromatic carbocycles. The summed E-state index contributed by atoms with van der Waals surface area (Å²) in [6, 6.07) is 5.77. The van der Waals surface area contributed by atoms with Gasteiger partial charge in [-0.3, -0.25) is 0 Å². The monoisotopic (exact) mass is 311 g/mol. The minimum Gasteiger partial charge on any atom is -0.399 e. The van der Waals surface area contributed by atoms with E-state index in [4.69, 9.17) is 5.73 Å². The molecule has 5 heteroatoms. The Kier molecular flexibility index (Phi) is 4.02. The molecular formula is C12H14BrN3S. The second-order valence-corrected chi connectivity index (χ2v) is 5.60. The molecule has 0 aliphatic heterocycles. The van der Waals surface area contributed by atoms with E-state index < -0.39 is 0 Å². The summed E-state index contributed by atoms with van der Waals surface area (Å²) in [5, 5.41) is 6.61. The third-order valence-corrected chi connectivity index (χ3v) is 4.00. The number of aryl methyl sites for hydroxylation is 1. The molecule has 3 nitrogen and oxygen atoms in total. The summed E-state index contributed by atoms with van der Waals surface area (Å²) in [6.45, 7) is 2.89. The number of nitrogens with one attached hydrogen (secondary N) is 1. The lowest BCUT2D eigenvalue weighted by molar-refractivity contribution is 0.986. The van der Waals surface area contributed by atoms with Gasteiger partial charge in [0.2, 0.25) is 0 Å². The van der Waals surface area contributed by atoms with E-state index in [-0.39, 0.29) is 0 Å². The van der Waals surface area contributed by atoms with Gasteiger partial charge in [-0.15, -0.1) is 11.3 Å². The Morgan fingerprint density at radius 1 is 1.47 bits per heavy atom. The molecule has 0 unspecified atom stereocenters. The van der Waals surface area contributed by atoms with Crippen LogP contribution in [0, 0.1) is 6.92 Å². The molecule has 1 aromatic heterocycles. The number of thiazole rings is 1. The summed E-state index contributed by atoms with van der Waals surface area (Å²) < 4.78 is 0.993. The van der Waals surface area contributed by atoms with E-state index in [1.54, 1.807) is 11.3 Å². The number of halogens is 1. The number of aromatic nitrogens is 1. The Labute approximate surface area is 113 Å². The Morgan fingerprint density at radius 2 is 2.29 bits per heavy atom. The molecule has 0 spiro atoms. The summed E-state index contributed by atoms with van der Waals surface area (Å²) in [7, 11) is 0. The van der Waals surface area contributed by atoms with Crippen molar-refractivity contribution < 1.29 is 0 Å². The van der Waals surface area contributed by atoms with Gasteiger partial charge < -0.3 is 11.1 Å². The maximum atomic E-state index is 5.68. The normalized spacial score (nSPS) is 10.5. The van der Waals surface area contributed by atoms with Crippen molar-refractivity contribution in [2.75, 3.05) is 17.6 Å². The molecule has 0 amide bonds. The van der Waals surface area contributed by atoms with E-state index in [2.05, 4.69) is 31.6 Å². The Morgan fingerprint density at radius 3 is 2.94 bits per heavy atom. The van der Waals surface area contributed by atoms with Gasteiger partial charge in [-0.1, -0.05) is 0 Å². The zero-order valence-electron chi connectivity index (χ0n) is 9.53. The minimum atomic E-state index is 0.762. The molecule has 3 N–H and O–H groups in total. The van der Waals surface area contributed by atoms with Crippen LogP contribution < -0.4 is 11.1 Å². The van der Waals surface area contributed by atoms with Crippen molar-refractivity contribution >= 4 is 38.6 Å². The number of nitrogen functional groups attached to an aromatic ring is 1. The third-order valence-electron chi connectivity index (χ3n) is 2.31. The molecule has 0 atom stereocenters. The van der Waals surface area contributed by atoms with Gasteiger partial charge in [0.15, 0.2) is 0 Å². The number of nitrogens with two attached hydrogens (primary N) is 1. The van der Waals surface area contributed by atoms with Crippen LogP contribution in [0.5, 0.6) is 0 Å². The molecule has 0 fully saturated rings. The summed E-state index contributed by atoms with van der Waals surface area (Å²) in [4.78, 5) is 4.43. The molecule has 0 saturated heterocycles. The van der Waals surface area contributed by atoms with Gasteiger partial charge >= 0.3 is 0 Å². The van der Waals surface area contributed by atoms with Gasteiger partial charge in [-0.25, -0.2) is 4.98 Å². The van der Waals surface area contributed by atoms with Crippen LogP contribution in [0.15, 0.2) is 28.1 Å². The number of rotatable bonds is 4. The average molecular weight is 312 g/mol. The van der Waals surface area contributed by atoms with Crippen molar-refractivity contribution in [3.05, 3.63) is 38.8 Å². The first-order valence-corrected chi connectivity index (χ1v) is 7.02. The van der Waals surface area contributed by atoms with Crippen LogP contribution >= 0.6 is 27.3 Å². The standard InChI is InChI=1S/C12H14BrN3S/c1-8-7-17-12(16-8)4-5-15-11-3-2-9(14)6-10(11)13/h2-3,6-7,15H,4-5,14H2,1H3. The molecule has 0 radical (unpaired) electrons. The Bertz CT molecular complexity index is 510. The summed E-state index contributed by atoms with van der Waals surface area (Å²) in [5.74, 6) is 0. The highest BCUT2D eigenvalue weighted by atomic mass is 79.9. The Hall–Kier alpha value is -1.07. The third kappa shape index (κ3) is 3.44. The number of benzene rings is 1. The molecular weight excluding hydrogens is 298 g/mol. The number of hydrogen-bond acceptors (Lipinski definition) is 4. The lowest BCUT2D eigenvalue weighted by Crippen LogP contribution is -2.05. The maximum Gasteiger partial charge on any atom is 0.0945 e. The van der Waals surface area contributed by atoms with Crippen LogP contribution in [0.1, 0.15) is 10.7 Å². The lowest BCUT2D eigenvalue weighted by atomic mass is 10.3.